The predicted octanol–water partition coefficient (Wildman–Crippen LogP) is -1.40. The number of hydrogen-bond acceptors (Lipinski definition) is 6. The Labute approximate surface area is 81.3 Å². The third kappa shape index (κ3) is 2.38. The zero-order valence-electron chi connectivity index (χ0n) is 7.59. The maximum absolute atomic E-state index is 9.01. The Morgan fingerprint density at radius 1 is 1.21 bits per heavy atom. The summed E-state index contributed by atoms with van der Waals surface area (Å²) >= 11 is 0. The second kappa shape index (κ2) is 4.85. The minimum Gasteiger partial charge on any atom is -0.394 e. The Morgan fingerprint density at radius 3 is 2.29 bits per heavy atom. The number of rotatable bonds is 5. The van der Waals surface area contributed by atoms with Crippen LogP contribution in [0.5, 0.6) is 0 Å². The Bertz CT molecular complexity index is 256. The molecule has 1 aromatic heterocycles. The lowest BCUT2D eigenvalue weighted by molar-refractivity contribution is 0.0831. The molecule has 0 amide bonds. The molecule has 0 radical (unpaired) electrons. The van der Waals surface area contributed by atoms with E-state index in [1.54, 1.807) is 6.07 Å². The van der Waals surface area contributed by atoms with Crippen LogP contribution < -0.4 is 5.32 Å². The number of hydrogen-bond donors (Lipinski definition) is 4. The van der Waals surface area contributed by atoms with E-state index in [1.165, 1.54) is 12.5 Å². The maximum Gasteiger partial charge on any atom is 0.129 e. The molecule has 78 valence electrons. The number of anilines is 1. The second-order valence-electron chi connectivity index (χ2n) is 2.97. The molecule has 6 heteroatoms. The highest BCUT2D eigenvalue weighted by Gasteiger charge is 2.27. The van der Waals surface area contributed by atoms with Crippen LogP contribution in [0.3, 0.4) is 0 Å². The third-order valence-electron chi connectivity index (χ3n) is 1.88. The first-order chi connectivity index (χ1) is 6.76. The normalized spacial score (nSPS) is 11.4. The van der Waals surface area contributed by atoms with E-state index in [1.807, 2.05) is 0 Å². The molecule has 0 atom stereocenters. The van der Waals surface area contributed by atoms with Gasteiger partial charge in [0.1, 0.15) is 17.7 Å². The molecule has 14 heavy (non-hydrogen) atoms. The van der Waals surface area contributed by atoms with Crippen molar-refractivity contribution in [1.82, 2.24) is 9.97 Å². The third-order valence-corrected chi connectivity index (χ3v) is 1.88. The molecule has 1 aromatic rings. The van der Waals surface area contributed by atoms with Crippen molar-refractivity contribution in [1.29, 1.82) is 0 Å². The molecule has 0 unspecified atom stereocenters. The van der Waals surface area contributed by atoms with Crippen LogP contribution in [0.25, 0.3) is 0 Å². The van der Waals surface area contributed by atoms with Crippen molar-refractivity contribution in [2.24, 2.45) is 0 Å². The van der Waals surface area contributed by atoms with E-state index in [-0.39, 0.29) is 19.8 Å². The molecule has 0 aromatic carbocycles. The molecule has 1 heterocycles. The van der Waals surface area contributed by atoms with Crippen LogP contribution in [0.4, 0.5) is 5.82 Å². The Morgan fingerprint density at radius 2 is 1.86 bits per heavy atom. The van der Waals surface area contributed by atoms with Crippen LogP contribution >= 0.6 is 0 Å². The summed E-state index contributed by atoms with van der Waals surface area (Å²) in [6.45, 7) is -1.15. The lowest BCUT2D eigenvalue weighted by Crippen LogP contribution is -2.49. The van der Waals surface area contributed by atoms with Crippen molar-refractivity contribution in [2.75, 3.05) is 25.1 Å². The molecule has 0 aliphatic heterocycles. The zero-order chi connectivity index (χ0) is 10.4. The van der Waals surface area contributed by atoms with E-state index in [2.05, 4.69) is 15.3 Å². The van der Waals surface area contributed by atoms with Crippen LogP contribution in [0.2, 0.25) is 0 Å². The first-order valence-electron chi connectivity index (χ1n) is 4.13. The predicted molar refractivity (Wildman–Crippen MR) is 49.6 cm³/mol. The molecule has 0 saturated heterocycles. The highest BCUT2D eigenvalue weighted by Crippen LogP contribution is 2.10. The Hall–Kier alpha value is -1.24. The molecular weight excluding hydrogens is 186 g/mol. The molecule has 0 aliphatic rings. The first kappa shape index (κ1) is 10.8. The van der Waals surface area contributed by atoms with Crippen molar-refractivity contribution >= 4 is 5.82 Å². The topological polar surface area (TPSA) is 98.5 Å². The summed E-state index contributed by atoms with van der Waals surface area (Å²) in [5, 5.41) is 29.8. The average molecular weight is 199 g/mol. The standard InChI is InChI=1S/C8H13N3O3/c12-3-8(4-13,5-14)11-7-1-2-9-6-10-7/h1-2,6,12-14H,3-5H2,(H,9,10,11). The minimum absolute atomic E-state index is 0.385. The quantitative estimate of drug-likeness (QED) is 0.466. The summed E-state index contributed by atoms with van der Waals surface area (Å²) in [4.78, 5) is 7.57. The van der Waals surface area contributed by atoms with Gasteiger partial charge < -0.3 is 20.6 Å². The summed E-state index contributed by atoms with van der Waals surface area (Å²) in [5.74, 6) is 0.442. The number of nitrogens with one attached hydrogen (secondary N) is 1. The van der Waals surface area contributed by atoms with Crippen LogP contribution in [-0.4, -0.2) is 50.6 Å². The largest absolute Gasteiger partial charge is 0.394 e. The fourth-order valence-electron chi connectivity index (χ4n) is 0.905. The molecule has 1 rings (SSSR count). The van der Waals surface area contributed by atoms with Crippen LogP contribution in [0.15, 0.2) is 18.6 Å². The van der Waals surface area contributed by atoms with Gasteiger partial charge in [-0.05, 0) is 6.07 Å². The van der Waals surface area contributed by atoms with E-state index in [0.29, 0.717) is 5.82 Å². The second-order valence-corrected chi connectivity index (χ2v) is 2.97. The van der Waals surface area contributed by atoms with E-state index in [4.69, 9.17) is 15.3 Å². The molecule has 0 aliphatic carbocycles. The number of aliphatic hydroxyl groups is 3. The molecule has 0 spiro atoms. The highest BCUT2D eigenvalue weighted by atomic mass is 16.3. The molecule has 0 bridgehead atoms. The lowest BCUT2D eigenvalue weighted by atomic mass is 10.0. The van der Waals surface area contributed by atoms with E-state index in [0.717, 1.165) is 0 Å². The van der Waals surface area contributed by atoms with Gasteiger partial charge in [0.25, 0.3) is 0 Å². The number of nitrogens with zero attached hydrogens (tertiary/aromatic N) is 2. The average Bonchev–Trinajstić information content (AvgIpc) is 2.28. The van der Waals surface area contributed by atoms with Gasteiger partial charge in [0.2, 0.25) is 0 Å². The van der Waals surface area contributed by atoms with E-state index in [9.17, 15) is 0 Å². The molecule has 0 saturated carbocycles. The van der Waals surface area contributed by atoms with Gasteiger partial charge in [-0.2, -0.15) is 0 Å². The van der Waals surface area contributed by atoms with Crippen LogP contribution in [-0.2, 0) is 0 Å². The number of aromatic nitrogens is 2. The Balaban J connectivity index is 2.74. The summed E-state index contributed by atoms with van der Waals surface area (Å²) in [6, 6.07) is 1.58. The van der Waals surface area contributed by atoms with Crippen molar-refractivity contribution < 1.29 is 15.3 Å². The smallest absolute Gasteiger partial charge is 0.129 e. The van der Waals surface area contributed by atoms with Gasteiger partial charge in [0.05, 0.1) is 19.8 Å². The minimum atomic E-state index is -1.14. The van der Waals surface area contributed by atoms with Crippen molar-refractivity contribution in [2.45, 2.75) is 5.54 Å². The van der Waals surface area contributed by atoms with Crippen molar-refractivity contribution in [3.8, 4) is 0 Å². The van der Waals surface area contributed by atoms with Gasteiger partial charge in [-0.15, -0.1) is 0 Å². The van der Waals surface area contributed by atoms with Gasteiger partial charge in [-0.3, -0.25) is 0 Å². The van der Waals surface area contributed by atoms with Crippen LogP contribution in [0, 0.1) is 0 Å². The SMILES string of the molecule is OCC(CO)(CO)Nc1ccncn1. The van der Waals surface area contributed by atoms with Gasteiger partial charge >= 0.3 is 0 Å². The van der Waals surface area contributed by atoms with Crippen molar-refractivity contribution in [3.05, 3.63) is 18.6 Å². The van der Waals surface area contributed by atoms with Gasteiger partial charge in [-0.1, -0.05) is 0 Å². The summed E-state index contributed by atoms with van der Waals surface area (Å²) in [5.41, 5.74) is -1.14. The fraction of sp³-hybridized carbons (Fsp3) is 0.500. The number of aliphatic hydroxyl groups excluding tert-OH is 3. The Kier molecular flexibility index (Phi) is 3.75. The van der Waals surface area contributed by atoms with Gasteiger partial charge in [0.15, 0.2) is 0 Å². The fourth-order valence-corrected chi connectivity index (χ4v) is 0.905. The highest BCUT2D eigenvalue weighted by molar-refractivity contribution is 5.36. The first-order valence-corrected chi connectivity index (χ1v) is 4.13. The molecule has 4 N–H and O–H groups in total. The summed E-state index contributed by atoms with van der Waals surface area (Å²) in [6.07, 6.45) is 2.85. The zero-order valence-corrected chi connectivity index (χ0v) is 7.59. The monoisotopic (exact) mass is 199 g/mol. The molecular formula is C8H13N3O3. The van der Waals surface area contributed by atoms with Crippen molar-refractivity contribution in [3.63, 3.8) is 0 Å². The van der Waals surface area contributed by atoms with Gasteiger partial charge in [0, 0.05) is 6.20 Å². The van der Waals surface area contributed by atoms with E-state index >= 15 is 0 Å². The summed E-state index contributed by atoms with van der Waals surface area (Å²) in [7, 11) is 0. The van der Waals surface area contributed by atoms with Gasteiger partial charge in [-0.25, -0.2) is 9.97 Å². The molecule has 0 fully saturated rings. The van der Waals surface area contributed by atoms with E-state index < -0.39 is 5.54 Å². The van der Waals surface area contributed by atoms with Crippen LogP contribution in [0.1, 0.15) is 0 Å². The molecule has 6 nitrogen and oxygen atoms in total. The maximum atomic E-state index is 9.01. The summed E-state index contributed by atoms with van der Waals surface area (Å²) < 4.78 is 0. The lowest BCUT2D eigenvalue weighted by Gasteiger charge is -2.28.